The lowest BCUT2D eigenvalue weighted by atomic mass is 9.90. The third-order valence-corrected chi connectivity index (χ3v) is 3.75. The minimum atomic E-state index is 0.280. The normalized spacial score (nSPS) is 37.1. The maximum absolute atomic E-state index is 11.2. The second-order valence-corrected chi connectivity index (χ2v) is 4.61. The van der Waals surface area contributed by atoms with Crippen molar-refractivity contribution in [1.29, 1.82) is 0 Å². The Morgan fingerprint density at radius 3 is 2.69 bits per heavy atom. The second-order valence-electron chi connectivity index (χ2n) is 4.61. The largest absolute Gasteiger partial charge is 0.340 e. The topological polar surface area (TPSA) is 20.3 Å². The summed E-state index contributed by atoms with van der Waals surface area (Å²) in [5.74, 6) is 2.03. The predicted molar refractivity (Wildman–Crippen MR) is 52.3 cm³/mol. The van der Waals surface area contributed by atoms with Crippen molar-refractivity contribution >= 4 is 5.91 Å². The third kappa shape index (κ3) is 1.47. The average molecular weight is 181 g/mol. The van der Waals surface area contributed by atoms with Crippen LogP contribution in [0.4, 0.5) is 0 Å². The quantitative estimate of drug-likeness (QED) is 0.638. The van der Waals surface area contributed by atoms with Crippen LogP contribution in [-0.4, -0.2) is 23.4 Å². The van der Waals surface area contributed by atoms with Crippen molar-refractivity contribution in [2.24, 2.45) is 11.8 Å². The number of carbonyl (C=O) groups is 1. The molecule has 0 spiro atoms. The first kappa shape index (κ1) is 9.04. The fourth-order valence-electron chi connectivity index (χ4n) is 3.17. The van der Waals surface area contributed by atoms with E-state index in [1.54, 1.807) is 6.92 Å². The minimum Gasteiger partial charge on any atom is -0.340 e. The standard InChI is InChI=1S/C11H19NO/c1-3-4-9-5-11-6-10(9)7-12(11)8(2)13/h9-11H,3-7H2,1-2H3. The summed E-state index contributed by atoms with van der Waals surface area (Å²) in [6.45, 7) is 5.01. The lowest BCUT2D eigenvalue weighted by Gasteiger charge is -2.30. The number of nitrogens with zero attached hydrogens (tertiary/aromatic N) is 1. The number of hydrogen-bond acceptors (Lipinski definition) is 1. The van der Waals surface area contributed by atoms with Gasteiger partial charge < -0.3 is 4.90 Å². The van der Waals surface area contributed by atoms with Gasteiger partial charge in [-0.3, -0.25) is 4.79 Å². The van der Waals surface area contributed by atoms with Crippen LogP contribution in [0.3, 0.4) is 0 Å². The molecule has 2 rings (SSSR count). The van der Waals surface area contributed by atoms with Crippen molar-refractivity contribution in [2.45, 2.75) is 45.6 Å². The molecule has 1 aliphatic carbocycles. The van der Waals surface area contributed by atoms with E-state index in [0.29, 0.717) is 6.04 Å². The van der Waals surface area contributed by atoms with Crippen molar-refractivity contribution in [2.75, 3.05) is 6.54 Å². The van der Waals surface area contributed by atoms with Crippen molar-refractivity contribution in [3.8, 4) is 0 Å². The molecule has 74 valence electrons. The molecule has 2 nitrogen and oxygen atoms in total. The summed E-state index contributed by atoms with van der Waals surface area (Å²) in [6.07, 6.45) is 5.23. The SMILES string of the molecule is CCCC1CC2CC1CN2C(C)=O. The molecular formula is C11H19NO. The first-order valence-electron chi connectivity index (χ1n) is 5.49. The molecule has 13 heavy (non-hydrogen) atoms. The van der Waals surface area contributed by atoms with Crippen molar-refractivity contribution in [3.63, 3.8) is 0 Å². The summed E-state index contributed by atoms with van der Waals surface area (Å²) >= 11 is 0. The van der Waals surface area contributed by atoms with Crippen LogP contribution in [0.15, 0.2) is 0 Å². The summed E-state index contributed by atoms with van der Waals surface area (Å²) in [5, 5.41) is 0. The van der Waals surface area contributed by atoms with Crippen LogP contribution in [0, 0.1) is 11.8 Å². The van der Waals surface area contributed by atoms with Gasteiger partial charge in [0.05, 0.1) is 0 Å². The van der Waals surface area contributed by atoms with Gasteiger partial charge in [-0.1, -0.05) is 19.8 Å². The first-order chi connectivity index (χ1) is 6.22. The molecule has 1 aliphatic heterocycles. The Hall–Kier alpha value is -0.530. The van der Waals surface area contributed by atoms with E-state index in [1.165, 1.54) is 25.7 Å². The van der Waals surface area contributed by atoms with E-state index in [9.17, 15) is 4.79 Å². The second kappa shape index (κ2) is 3.32. The molecule has 0 aromatic heterocycles. The smallest absolute Gasteiger partial charge is 0.219 e. The summed E-state index contributed by atoms with van der Waals surface area (Å²) in [5.41, 5.74) is 0. The lowest BCUT2D eigenvalue weighted by Crippen LogP contribution is -2.38. The van der Waals surface area contributed by atoms with Crippen molar-refractivity contribution < 1.29 is 4.79 Å². The van der Waals surface area contributed by atoms with E-state index in [1.807, 2.05) is 0 Å². The Kier molecular flexibility index (Phi) is 2.31. The van der Waals surface area contributed by atoms with E-state index in [0.717, 1.165) is 18.4 Å². The van der Waals surface area contributed by atoms with Gasteiger partial charge in [0, 0.05) is 19.5 Å². The van der Waals surface area contributed by atoms with Gasteiger partial charge in [0.1, 0.15) is 0 Å². The van der Waals surface area contributed by atoms with Gasteiger partial charge in [-0.15, -0.1) is 0 Å². The Labute approximate surface area is 80.3 Å². The lowest BCUT2D eigenvalue weighted by molar-refractivity contribution is -0.130. The molecule has 0 radical (unpaired) electrons. The molecule has 2 fully saturated rings. The molecule has 0 N–H and O–H groups in total. The summed E-state index contributed by atoms with van der Waals surface area (Å²) in [7, 11) is 0. The molecule has 2 aliphatic rings. The molecular weight excluding hydrogens is 162 g/mol. The van der Waals surface area contributed by atoms with Crippen molar-refractivity contribution in [1.82, 2.24) is 4.90 Å². The molecule has 2 heteroatoms. The Morgan fingerprint density at radius 2 is 2.23 bits per heavy atom. The van der Waals surface area contributed by atoms with E-state index >= 15 is 0 Å². The van der Waals surface area contributed by atoms with Gasteiger partial charge in [0.2, 0.25) is 5.91 Å². The van der Waals surface area contributed by atoms with Gasteiger partial charge in [0.15, 0.2) is 0 Å². The van der Waals surface area contributed by atoms with E-state index in [2.05, 4.69) is 11.8 Å². The average Bonchev–Trinajstić information content (AvgIpc) is 2.62. The van der Waals surface area contributed by atoms with E-state index in [4.69, 9.17) is 0 Å². The van der Waals surface area contributed by atoms with Crippen LogP contribution in [0.2, 0.25) is 0 Å². The molecule has 1 amide bonds. The predicted octanol–water partition coefficient (Wildman–Crippen LogP) is 2.04. The number of amides is 1. The molecule has 1 saturated carbocycles. The number of rotatable bonds is 2. The molecule has 2 bridgehead atoms. The highest BCUT2D eigenvalue weighted by molar-refractivity contribution is 5.74. The van der Waals surface area contributed by atoms with Gasteiger partial charge in [-0.05, 0) is 24.7 Å². The fraction of sp³-hybridized carbons (Fsp3) is 0.909. The zero-order chi connectivity index (χ0) is 9.42. The molecule has 0 aromatic rings. The number of likely N-dealkylation sites (tertiary alicyclic amines) is 1. The van der Waals surface area contributed by atoms with E-state index in [-0.39, 0.29) is 5.91 Å². The van der Waals surface area contributed by atoms with Gasteiger partial charge >= 0.3 is 0 Å². The highest BCUT2D eigenvalue weighted by atomic mass is 16.2. The minimum absolute atomic E-state index is 0.280. The monoisotopic (exact) mass is 181 g/mol. The third-order valence-electron chi connectivity index (χ3n) is 3.75. The van der Waals surface area contributed by atoms with Crippen molar-refractivity contribution in [3.05, 3.63) is 0 Å². The highest BCUT2D eigenvalue weighted by Crippen LogP contribution is 2.43. The molecule has 1 saturated heterocycles. The maximum Gasteiger partial charge on any atom is 0.219 e. The van der Waals surface area contributed by atoms with Gasteiger partial charge in [-0.2, -0.15) is 0 Å². The number of hydrogen-bond donors (Lipinski definition) is 0. The summed E-state index contributed by atoms with van der Waals surface area (Å²) < 4.78 is 0. The number of carbonyl (C=O) groups excluding carboxylic acids is 1. The van der Waals surface area contributed by atoms with Crippen LogP contribution in [0.5, 0.6) is 0 Å². The molecule has 1 heterocycles. The van der Waals surface area contributed by atoms with Crippen LogP contribution in [-0.2, 0) is 4.79 Å². The molecule has 3 atom stereocenters. The zero-order valence-corrected chi connectivity index (χ0v) is 8.62. The van der Waals surface area contributed by atoms with Crippen LogP contribution < -0.4 is 0 Å². The Bertz CT molecular complexity index is 214. The maximum atomic E-state index is 11.2. The van der Waals surface area contributed by atoms with Crippen LogP contribution in [0.1, 0.15) is 39.5 Å². The Balaban J connectivity index is 1.95. The first-order valence-corrected chi connectivity index (χ1v) is 5.49. The van der Waals surface area contributed by atoms with Gasteiger partial charge in [0.25, 0.3) is 0 Å². The molecule has 0 aromatic carbocycles. The number of fused-ring (bicyclic) bond motifs is 2. The Morgan fingerprint density at radius 1 is 1.46 bits per heavy atom. The zero-order valence-electron chi connectivity index (χ0n) is 8.62. The van der Waals surface area contributed by atoms with Gasteiger partial charge in [-0.25, -0.2) is 0 Å². The molecule has 3 unspecified atom stereocenters. The number of piperidine rings is 1. The fourth-order valence-corrected chi connectivity index (χ4v) is 3.17. The summed E-state index contributed by atoms with van der Waals surface area (Å²) in [6, 6.07) is 0.596. The van der Waals surface area contributed by atoms with Crippen LogP contribution in [0.25, 0.3) is 0 Å². The van der Waals surface area contributed by atoms with E-state index < -0.39 is 0 Å². The highest BCUT2D eigenvalue weighted by Gasteiger charge is 2.44. The van der Waals surface area contributed by atoms with Crippen LogP contribution >= 0.6 is 0 Å². The summed E-state index contributed by atoms with van der Waals surface area (Å²) in [4.78, 5) is 13.3.